The van der Waals surface area contributed by atoms with Gasteiger partial charge in [0.15, 0.2) is 0 Å². The molecule has 1 aromatic carbocycles. The van der Waals surface area contributed by atoms with Crippen molar-refractivity contribution >= 4 is 0 Å². The lowest BCUT2D eigenvalue weighted by molar-refractivity contribution is 0.411. The first-order valence-corrected chi connectivity index (χ1v) is 4.38. The van der Waals surface area contributed by atoms with Crippen LogP contribution in [0.1, 0.15) is 5.56 Å². The van der Waals surface area contributed by atoms with E-state index in [9.17, 15) is 4.79 Å². The van der Waals surface area contributed by atoms with E-state index in [4.69, 9.17) is 4.74 Å². The van der Waals surface area contributed by atoms with Crippen molar-refractivity contribution in [2.75, 3.05) is 7.11 Å². The fraction of sp³-hybridized carbons (Fsp3) is 0.222. The highest BCUT2D eigenvalue weighted by Gasteiger charge is 2.09. The first-order chi connectivity index (χ1) is 7.22. The van der Waals surface area contributed by atoms with E-state index in [1.54, 1.807) is 13.2 Å². The zero-order valence-electron chi connectivity index (χ0n) is 8.39. The second-order valence-corrected chi connectivity index (χ2v) is 3.09. The number of methoxy groups -OCH3 is 1. The fourth-order valence-corrected chi connectivity index (χ4v) is 1.32. The largest absolute Gasteiger partial charge is 0.494 e. The van der Waals surface area contributed by atoms with E-state index in [0.717, 1.165) is 10.2 Å². The number of aryl methyl sites for hydroxylation is 1. The van der Waals surface area contributed by atoms with Crippen LogP contribution in [0, 0.1) is 6.92 Å². The maximum atomic E-state index is 11.3. The maximum absolute atomic E-state index is 11.3. The Balaban J connectivity index is 2.66. The van der Waals surface area contributed by atoms with Gasteiger partial charge in [0.05, 0.1) is 7.11 Å². The summed E-state index contributed by atoms with van der Waals surface area (Å²) in [5.74, 6) is 0.580. The van der Waals surface area contributed by atoms with E-state index in [-0.39, 0.29) is 5.69 Å². The minimum Gasteiger partial charge on any atom is -0.494 e. The third-order valence-electron chi connectivity index (χ3n) is 2.03. The van der Waals surface area contributed by atoms with Crippen LogP contribution in [-0.2, 0) is 0 Å². The van der Waals surface area contributed by atoms with Crippen LogP contribution in [0.3, 0.4) is 0 Å². The van der Waals surface area contributed by atoms with Crippen molar-refractivity contribution in [3.05, 3.63) is 34.2 Å². The third kappa shape index (κ3) is 1.61. The number of nitrogens with zero attached hydrogens (tertiary/aromatic N) is 3. The molecule has 1 N–H and O–H groups in total. The maximum Gasteiger partial charge on any atom is 0.365 e. The molecule has 0 saturated heterocycles. The number of ether oxygens (including phenoxy) is 1. The van der Waals surface area contributed by atoms with Crippen LogP contribution in [0.5, 0.6) is 5.75 Å². The molecule has 0 unspecified atom stereocenters. The van der Waals surface area contributed by atoms with Crippen molar-refractivity contribution in [3.8, 4) is 11.4 Å². The Bertz CT molecular complexity index is 529. The van der Waals surface area contributed by atoms with E-state index in [2.05, 4.69) is 15.5 Å². The van der Waals surface area contributed by atoms with Gasteiger partial charge in [0.2, 0.25) is 0 Å². The zero-order chi connectivity index (χ0) is 10.8. The molecule has 0 aliphatic heterocycles. The molecule has 2 aromatic rings. The van der Waals surface area contributed by atoms with Gasteiger partial charge >= 0.3 is 5.69 Å². The predicted molar refractivity (Wildman–Crippen MR) is 53.3 cm³/mol. The van der Waals surface area contributed by atoms with Gasteiger partial charge < -0.3 is 4.74 Å². The Kier molecular flexibility index (Phi) is 2.24. The lowest BCUT2D eigenvalue weighted by Gasteiger charge is -2.06. The SMILES string of the molecule is COc1ccc(C)cc1-n1nn[nH]c1=O. The average Bonchev–Trinajstić information content (AvgIpc) is 2.64. The minimum atomic E-state index is -0.390. The Morgan fingerprint density at radius 2 is 2.27 bits per heavy atom. The van der Waals surface area contributed by atoms with Crippen LogP contribution in [0.4, 0.5) is 0 Å². The Hall–Kier alpha value is -2.11. The highest BCUT2D eigenvalue weighted by Crippen LogP contribution is 2.21. The first-order valence-electron chi connectivity index (χ1n) is 4.38. The zero-order valence-corrected chi connectivity index (χ0v) is 8.39. The molecule has 0 aliphatic carbocycles. The monoisotopic (exact) mass is 206 g/mol. The van der Waals surface area contributed by atoms with Crippen molar-refractivity contribution < 1.29 is 4.74 Å². The van der Waals surface area contributed by atoms with E-state index < -0.39 is 0 Å². The number of benzene rings is 1. The number of rotatable bonds is 2. The van der Waals surface area contributed by atoms with Gasteiger partial charge in [-0.1, -0.05) is 6.07 Å². The van der Waals surface area contributed by atoms with Crippen LogP contribution in [-0.4, -0.2) is 27.3 Å². The summed E-state index contributed by atoms with van der Waals surface area (Å²) < 4.78 is 6.30. The number of tetrazole rings is 1. The van der Waals surface area contributed by atoms with Crippen LogP contribution in [0.2, 0.25) is 0 Å². The van der Waals surface area contributed by atoms with Crippen molar-refractivity contribution in [1.82, 2.24) is 20.2 Å². The predicted octanol–water partition coefficient (Wildman–Crippen LogP) is 0.273. The molecular formula is C9H10N4O2. The van der Waals surface area contributed by atoms with Crippen LogP contribution >= 0.6 is 0 Å². The second-order valence-electron chi connectivity index (χ2n) is 3.09. The molecule has 2 rings (SSSR count). The van der Waals surface area contributed by atoms with Crippen LogP contribution < -0.4 is 10.4 Å². The summed E-state index contributed by atoms with van der Waals surface area (Å²) in [6.45, 7) is 1.92. The van der Waals surface area contributed by atoms with Gasteiger partial charge in [-0.3, -0.25) is 0 Å². The molecule has 0 spiro atoms. The molecule has 1 heterocycles. The molecule has 0 aliphatic rings. The molecule has 15 heavy (non-hydrogen) atoms. The van der Waals surface area contributed by atoms with Crippen molar-refractivity contribution in [2.45, 2.75) is 6.92 Å². The lowest BCUT2D eigenvalue weighted by Crippen LogP contribution is -2.16. The highest BCUT2D eigenvalue weighted by atomic mass is 16.5. The molecule has 0 saturated carbocycles. The fourth-order valence-electron chi connectivity index (χ4n) is 1.32. The van der Waals surface area contributed by atoms with Crippen molar-refractivity contribution in [3.63, 3.8) is 0 Å². The number of nitrogens with one attached hydrogen (secondary N) is 1. The molecule has 0 amide bonds. The normalized spacial score (nSPS) is 10.3. The van der Waals surface area contributed by atoms with Gasteiger partial charge in [0, 0.05) is 0 Å². The van der Waals surface area contributed by atoms with Gasteiger partial charge in [0.1, 0.15) is 11.4 Å². The molecule has 0 radical (unpaired) electrons. The summed E-state index contributed by atoms with van der Waals surface area (Å²) in [6, 6.07) is 5.49. The van der Waals surface area contributed by atoms with Crippen molar-refractivity contribution in [1.29, 1.82) is 0 Å². The van der Waals surface area contributed by atoms with Crippen molar-refractivity contribution in [2.24, 2.45) is 0 Å². The first kappa shape index (κ1) is 9.45. The van der Waals surface area contributed by atoms with Crippen LogP contribution in [0.25, 0.3) is 5.69 Å². The lowest BCUT2D eigenvalue weighted by atomic mass is 10.2. The minimum absolute atomic E-state index is 0.390. The van der Waals surface area contributed by atoms with Crippen LogP contribution in [0.15, 0.2) is 23.0 Å². The van der Waals surface area contributed by atoms with Gasteiger partial charge in [-0.2, -0.15) is 4.68 Å². The molecule has 0 bridgehead atoms. The highest BCUT2D eigenvalue weighted by molar-refractivity contribution is 5.47. The summed E-state index contributed by atoms with van der Waals surface area (Å²) in [6.07, 6.45) is 0. The number of hydrogen-bond donors (Lipinski definition) is 1. The topological polar surface area (TPSA) is 72.8 Å². The average molecular weight is 206 g/mol. The molecule has 0 fully saturated rings. The third-order valence-corrected chi connectivity index (χ3v) is 2.03. The molecule has 78 valence electrons. The standard InChI is InChI=1S/C9H10N4O2/c1-6-3-4-8(15-2)7(5-6)13-9(14)10-11-12-13/h3-5H,1-2H3,(H,10,12,14). The van der Waals surface area contributed by atoms with Gasteiger partial charge in [0.25, 0.3) is 0 Å². The van der Waals surface area contributed by atoms with E-state index >= 15 is 0 Å². The number of aromatic amines is 1. The van der Waals surface area contributed by atoms with Gasteiger partial charge in [-0.05, 0) is 35.0 Å². The summed E-state index contributed by atoms with van der Waals surface area (Å²) in [5.41, 5.74) is 1.20. The number of H-pyrrole nitrogens is 1. The quantitative estimate of drug-likeness (QED) is 0.765. The number of aromatic nitrogens is 4. The summed E-state index contributed by atoms with van der Waals surface area (Å²) >= 11 is 0. The molecule has 1 aromatic heterocycles. The molecular weight excluding hydrogens is 196 g/mol. The molecule has 0 atom stereocenters. The smallest absolute Gasteiger partial charge is 0.365 e. The van der Waals surface area contributed by atoms with E-state index in [1.165, 1.54) is 0 Å². The molecule has 6 heteroatoms. The summed E-state index contributed by atoms with van der Waals surface area (Å²) in [7, 11) is 1.54. The van der Waals surface area contributed by atoms with Gasteiger partial charge in [-0.15, -0.1) is 0 Å². The summed E-state index contributed by atoms with van der Waals surface area (Å²) in [4.78, 5) is 11.3. The summed E-state index contributed by atoms with van der Waals surface area (Å²) in [5, 5.41) is 9.31. The van der Waals surface area contributed by atoms with E-state index in [1.807, 2.05) is 19.1 Å². The molecule has 6 nitrogen and oxygen atoms in total. The Morgan fingerprint density at radius 3 is 2.87 bits per heavy atom. The number of hydrogen-bond acceptors (Lipinski definition) is 4. The second kappa shape index (κ2) is 3.56. The Morgan fingerprint density at radius 1 is 1.47 bits per heavy atom. The van der Waals surface area contributed by atoms with Gasteiger partial charge in [-0.25, -0.2) is 9.89 Å². The Labute approximate surface area is 85.5 Å². The van der Waals surface area contributed by atoms with E-state index in [0.29, 0.717) is 11.4 Å².